The number of nitrogens with one attached hydrogen (secondary N) is 1. The van der Waals surface area contributed by atoms with Crippen LogP contribution in [0.4, 0.5) is 5.13 Å². The number of nitrogens with zero attached hydrogens (tertiary/aromatic N) is 3. The van der Waals surface area contributed by atoms with Crippen LogP contribution in [0.5, 0.6) is 0 Å². The molecular weight excluding hydrogens is 228 g/mol. The molecule has 0 aliphatic rings. The van der Waals surface area contributed by atoms with Gasteiger partial charge >= 0.3 is 0 Å². The van der Waals surface area contributed by atoms with Crippen molar-refractivity contribution in [1.82, 2.24) is 15.1 Å². The van der Waals surface area contributed by atoms with Gasteiger partial charge < -0.3 is 15.2 Å². The molecule has 0 radical (unpaired) electrons. The van der Waals surface area contributed by atoms with E-state index in [9.17, 15) is 0 Å². The lowest BCUT2D eigenvalue weighted by atomic mass is 10.4. The molecule has 0 aromatic carbocycles. The van der Waals surface area contributed by atoms with Gasteiger partial charge in [-0.05, 0) is 0 Å². The highest BCUT2D eigenvalue weighted by Gasteiger charge is 2.09. The molecule has 0 bridgehead atoms. The van der Waals surface area contributed by atoms with E-state index in [2.05, 4.69) is 20.4 Å². The third-order valence-electron chi connectivity index (χ3n) is 2.07. The minimum atomic E-state index is 0.140. The van der Waals surface area contributed by atoms with Gasteiger partial charge in [-0.2, -0.15) is 0 Å². The Kier molecular flexibility index (Phi) is 6.24. The van der Waals surface area contributed by atoms with Gasteiger partial charge in [-0.15, -0.1) is 10.2 Å². The molecule has 0 aliphatic heterocycles. The second-order valence-electron chi connectivity index (χ2n) is 3.24. The maximum absolute atomic E-state index is 8.94. The fraction of sp³-hybridized carbons (Fsp3) is 0.778. The normalized spacial score (nSPS) is 11.0. The van der Waals surface area contributed by atoms with Crippen LogP contribution in [0.3, 0.4) is 0 Å². The molecule has 1 aromatic rings. The number of rotatable bonds is 8. The van der Waals surface area contributed by atoms with Crippen LogP contribution in [-0.2, 0) is 11.3 Å². The van der Waals surface area contributed by atoms with Crippen molar-refractivity contribution in [2.75, 3.05) is 45.8 Å². The monoisotopic (exact) mass is 246 g/mol. The second kappa shape index (κ2) is 7.50. The predicted molar refractivity (Wildman–Crippen MR) is 63.7 cm³/mol. The van der Waals surface area contributed by atoms with Crippen molar-refractivity contribution in [2.45, 2.75) is 6.54 Å². The molecule has 1 heterocycles. The van der Waals surface area contributed by atoms with Gasteiger partial charge in [-0.3, -0.25) is 4.90 Å². The fourth-order valence-corrected chi connectivity index (χ4v) is 1.98. The Bertz CT molecular complexity index is 295. The summed E-state index contributed by atoms with van der Waals surface area (Å²) in [6, 6.07) is 0. The average molecular weight is 246 g/mol. The topological polar surface area (TPSA) is 70.5 Å². The van der Waals surface area contributed by atoms with E-state index in [1.807, 2.05) is 7.05 Å². The summed E-state index contributed by atoms with van der Waals surface area (Å²) in [7, 11) is 3.49. The summed E-state index contributed by atoms with van der Waals surface area (Å²) >= 11 is 1.52. The third-order valence-corrected chi connectivity index (χ3v) is 2.99. The minimum Gasteiger partial charge on any atom is -0.395 e. The summed E-state index contributed by atoms with van der Waals surface area (Å²) < 4.78 is 5.01. The van der Waals surface area contributed by atoms with E-state index in [0.717, 1.165) is 16.7 Å². The summed E-state index contributed by atoms with van der Waals surface area (Å²) in [4.78, 5) is 2.09. The molecule has 0 spiro atoms. The van der Waals surface area contributed by atoms with Crippen LogP contribution in [-0.4, -0.2) is 60.7 Å². The minimum absolute atomic E-state index is 0.140. The van der Waals surface area contributed by atoms with E-state index in [1.54, 1.807) is 7.11 Å². The average Bonchev–Trinajstić information content (AvgIpc) is 2.74. The quantitative estimate of drug-likeness (QED) is 0.674. The smallest absolute Gasteiger partial charge is 0.205 e. The molecule has 1 aromatic heterocycles. The van der Waals surface area contributed by atoms with Crippen LogP contribution in [0.25, 0.3) is 0 Å². The van der Waals surface area contributed by atoms with Crippen molar-refractivity contribution in [3.63, 3.8) is 0 Å². The zero-order valence-electron chi connectivity index (χ0n) is 9.64. The Morgan fingerprint density at radius 1 is 1.44 bits per heavy atom. The predicted octanol–water partition coefficient (Wildman–Crippen LogP) is 0.0205. The highest BCUT2D eigenvalue weighted by atomic mass is 32.1. The Labute approximate surface area is 99.3 Å². The molecule has 0 fully saturated rings. The number of aliphatic hydroxyl groups excluding tert-OH is 1. The van der Waals surface area contributed by atoms with Crippen LogP contribution in [0, 0.1) is 0 Å². The summed E-state index contributed by atoms with van der Waals surface area (Å²) in [5.74, 6) is 0. The summed E-state index contributed by atoms with van der Waals surface area (Å²) in [5, 5.41) is 21.7. The number of aliphatic hydroxyl groups is 1. The lowest BCUT2D eigenvalue weighted by molar-refractivity contribution is 0.126. The summed E-state index contributed by atoms with van der Waals surface area (Å²) in [6.45, 7) is 2.89. The van der Waals surface area contributed by atoms with Crippen molar-refractivity contribution in [1.29, 1.82) is 0 Å². The SMILES string of the molecule is CNc1nnc(CN(CCO)CCOC)s1. The molecule has 0 aliphatic carbocycles. The van der Waals surface area contributed by atoms with Gasteiger partial charge in [0.1, 0.15) is 5.01 Å². The Hall–Kier alpha value is -0.760. The van der Waals surface area contributed by atoms with Crippen molar-refractivity contribution in [3.8, 4) is 0 Å². The number of ether oxygens (including phenoxy) is 1. The molecule has 0 saturated heterocycles. The molecular formula is C9H18N4O2S. The molecule has 6 nitrogen and oxygen atoms in total. The van der Waals surface area contributed by atoms with E-state index in [1.165, 1.54) is 11.3 Å². The summed E-state index contributed by atoms with van der Waals surface area (Å²) in [6.07, 6.45) is 0. The lowest BCUT2D eigenvalue weighted by Crippen LogP contribution is -2.29. The molecule has 0 amide bonds. The first-order chi connectivity index (χ1) is 7.80. The molecule has 7 heteroatoms. The lowest BCUT2D eigenvalue weighted by Gasteiger charge is -2.18. The van der Waals surface area contributed by atoms with E-state index < -0.39 is 0 Å². The van der Waals surface area contributed by atoms with Gasteiger partial charge in [0.05, 0.1) is 19.8 Å². The van der Waals surface area contributed by atoms with Gasteiger partial charge in [-0.25, -0.2) is 0 Å². The molecule has 0 atom stereocenters. The number of hydrogen-bond acceptors (Lipinski definition) is 7. The Balaban J connectivity index is 2.46. The maximum atomic E-state index is 8.94. The van der Waals surface area contributed by atoms with Gasteiger partial charge in [-0.1, -0.05) is 11.3 Å². The molecule has 2 N–H and O–H groups in total. The van der Waals surface area contributed by atoms with E-state index >= 15 is 0 Å². The van der Waals surface area contributed by atoms with Crippen LogP contribution < -0.4 is 5.32 Å². The highest BCUT2D eigenvalue weighted by molar-refractivity contribution is 7.15. The van der Waals surface area contributed by atoms with Crippen molar-refractivity contribution in [3.05, 3.63) is 5.01 Å². The largest absolute Gasteiger partial charge is 0.395 e. The van der Waals surface area contributed by atoms with E-state index in [0.29, 0.717) is 19.7 Å². The summed E-state index contributed by atoms with van der Waals surface area (Å²) in [5.41, 5.74) is 0. The van der Waals surface area contributed by atoms with Crippen LogP contribution in [0.15, 0.2) is 0 Å². The first kappa shape index (κ1) is 13.3. The van der Waals surface area contributed by atoms with Crippen LogP contribution in [0.2, 0.25) is 0 Å². The van der Waals surface area contributed by atoms with Crippen LogP contribution >= 0.6 is 11.3 Å². The number of methoxy groups -OCH3 is 1. The third kappa shape index (κ3) is 4.40. The Morgan fingerprint density at radius 3 is 2.81 bits per heavy atom. The first-order valence-electron chi connectivity index (χ1n) is 5.12. The molecule has 0 unspecified atom stereocenters. The van der Waals surface area contributed by atoms with Crippen molar-refractivity contribution >= 4 is 16.5 Å². The van der Waals surface area contributed by atoms with Crippen molar-refractivity contribution in [2.24, 2.45) is 0 Å². The highest BCUT2D eigenvalue weighted by Crippen LogP contribution is 2.15. The van der Waals surface area contributed by atoms with Gasteiger partial charge in [0.15, 0.2) is 0 Å². The molecule has 92 valence electrons. The number of hydrogen-bond donors (Lipinski definition) is 2. The standard InChI is InChI=1S/C9H18N4O2S/c1-10-9-12-11-8(16-9)7-13(3-5-14)4-6-15-2/h14H,3-7H2,1-2H3,(H,10,12). The van der Waals surface area contributed by atoms with Gasteiger partial charge in [0.25, 0.3) is 0 Å². The zero-order valence-corrected chi connectivity index (χ0v) is 10.5. The van der Waals surface area contributed by atoms with E-state index in [4.69, 9.17) is 9.84 Å². The maximum Gasteiger partial charge on any atom is 0.205 e. The molecule has 16 heavy (non-hydrogen) atoms. The number of anilines is 1. The number of aromatic nitrogens is 2. The van der Waals surface area contributed by atoms with Gasteiger partial charge in [0.2, 0.25) is 5.13 Å². The van der Waals surface area contributed by atoms with Crippen LogP contribution in [0.1, 0.15) is 5.01 Å². The first-order valence-corrected chi connectivity index (χ1v) is 5.94. The fourth-order valence-electron chi connectivity index (χ4n) is 1.24. The van der Waals surface area contributed by atoms with Crippen molar-refractivity contribution < 1.29 is 9.84 Å². The molecule has 1 rings (SSSR count). The molecule has 0 saturated carbocycles. The second-order valence-corrected chi connectivity index (χ2v) is 4.31. The Morgan fingerprint density at radius 2 is 2.25 bits per heavy atom. The zero-order chi connectivity index (χ0) is 11.8. The van der Waals surface area contributed by atoms with Gasteiger partial charge in [0, 0.05) is 27.2 Å². The van der Waals surface area contributed by atoms with E-state index in [-0.39, 0.29) is 6.61 Å².